The summed E-state index contributed by atoms with van der Waals surface area (Å²) in [4.78, 5) is 17.7. The van der Waals surface area contributed by atoms with Crippen LogP contribution < -0.4 is 10.6 Å². The summed E-state index contributed by atoms with van der Waals surface area (Å²) in [5.41, 5.74) is 8.11. The normalized spacial score (nSPS) is 19.0. The molecule has 6 rings (SSSR count). The Bertz CT molecular complexity index is 1530. The van der Waals surface area contributed by atoms with Crippen LogP contribution in [0, 0.1) is 0 Å². The van der Waals surface area contributed by atoms with E-state index in [4.69, 9.17) is 9.98 Å². The Hall–Kier alpha value is -4.25. The SMILES string of the molecule is CC(O)=c1cc2[nH]c1=CC1=NC(=CC3=NC(=CC4=NC(=C2)C=C4)C=C3)c2ccccc21. The van der Waals surface area contributed by atoms with Gasteiger partial charge in [0, 0.05) is 22.0 Å². The van der Waals surface area contributed by atoms with Gasteiger partial charge in [-0.3, -0.25) is 0 Å². The molecular weight excluding hydrogens is 384 g/mol. The largest absolute Gasteiger partial charge is 0.512 e. The van der Waals surface area contributed by atoms with E-state index in [1.165, 1.54) is 0 Å². The molecule has 5 heterocycles. The molecular formula is C26H18N4O. The maximum atomic E-state index is 10.3. The van der Waals surface area contributed by atoms with Crippen LogP contribution in [-0.4, -0.2) is 27.2 Å². The lowest BCUT2D eigenvalue weighted by atomic mass is 10.0. The van der Waals surface area contributed by atoms with Gasteiger partial charge in [0.2, 0.25) is 0 Å². The van der Waals surface area contributed by atoms with Gasteiger partial charge in [0.1, 0.15) is 0 Å². The highest BCUT2D eigenvalue weighted by molar-refractivity contribution is 6.28. The van der Waals surface area contributed by atoms with E-state index in [0.29, 0.717) is 0 Å². The fourth-order valence-electron chi connectivity index (χ4n) is 4.08. The molecule has 31 heavy (non-hydrogen) atoms. The first-order valence-corrected chi connectivity index (χ1v) is 10.1. The summed E-state index contributed by atoms with van der Waals surface area (Å²) in [6.07, 6.45) is 15.8. The van der Waals surface area contributed by atoms with Crippen LogP contribution >= 0.6 is 0 Å². The molecule has 0 fully saturated rings. The van der Waals surface area contributed by atoms with Gasteiger partial charge in [-0.15, -0.1) is 0 Å². The van der Waals surface area contributed by atoms with E-state index in [1.54, 1.807) is 6.92 Å². The fraction of sp³-hybridized carbons (Fsp3) is 0.0385. The highest BCUT2D eigenvalue weighted by Crippen LogP contribution is 2.30. The van der Waals surface area contributed by atoms with Gasteiger partial charge < -0.3 is 10.1 Å². The zero-order chi connectivity index (χ0) is 20.9. The zero-order valence-corrected chi connectivity index (χ0v) is 16.8. The summed E-state index contributed by atoms with van der Waals surface area (Å²) in [5.74, 6) is 0.250. The molecule has 0 saturated carbocycles. The van der Waals surface area contributed by atoms with Gasteiger partial charge >= 0.3 is 0 Å². The Kier molecular flexibility index (Phi) is 3.77. The Labute approximate surface area is 178 Å². The van der Waals surface area contributed by atoms with Crippen molar-refractivity contribution in [2.45, 2.75) is 6.92 Å². The van der Waals surface area contributed by atoms with Crippen LogP contribution in [0.4, 0.5) is 0 Å². The molecule has 5 nitrogen and oxygen atoms in total. The van der Waals surface area contributed by atoms with E-state index in [0.717, 1.165) is 61.6 Å². The number of aliphatic hydroxyl groups excluding tert-OH is 1. The zero-order valence-electron chi connectivity index (χ0n) is 16.8. The molecule has 4 aliphatic heterocycles. The minimum absolute atomic E-state index is 0.250. The maximum Gasteiger partial charge on any atom is 0.0985 e. The standard InChI is InChI=1S/C26H18N4O/c1-15(31)23-12-20-11-18-7-6-16(27-18)10-17-8-9-19(28-17)13-24-21-4-2-3-5-22(21)25(30-24)14-26(23)29-20/h2-14,29,31H,1H3. The van der Waals surface area contributed by atoms with E-state index in [2.05, 4.69) is 22.1 Å². The van der Waals surface area contributed by atoms with Crippen LogP contribution in [0.5, 0.6) is 0 Å². The van der Waals surface area contributed by atoms with Crippen molar-refractivity contribution in [1.29, 1.82) is 0 Å². The van der Waals surface area contributed by atoms with Crippen LogP contribution in [0.3, 0.4) is 0 Å². The molecule has 2 N–H and O–H groups in total. The number of aliphatic imine (C=N–C) groups is 3. The quantitative estimate of drug-likeness (QED) is 0.695. The first-order valence-electron chi connectivity index (χ1n) is 10.1. The molecule has 4 aliphatic rings. The number of hydrogen-bond donors (Lipinski definition) is 2. The number of allylic oxidation sites excluding steroid dienone is 6. The van der Waals surface area contributed by atoms with Crippen molar-refractivity contribution < 1.29 is 5.11 Å². The smallest absolute Gasteiger partial charge is 0.0985 e. The summed E-state index contributed by atoms with van der Waals surface area (Å²) >= 11 is 0. The Balaban J connectivity index is 1.65. The van der Waals surface area contributed by atoms with E-state index in [-0.39, 0.29) is 5.76 Å². The van der Waals surface area contributed by atoms with Crippen molar-refractivity contribution >= 4 is 40.7 Å². The molecule has 0 radical (unpaired) electrons. The third kappa shape index (κ3) is 3.07. The van der Waals surface area contributed by atoms with Gasteiger partial charge in [0.15, 0.2) is 0 Å². The lowest BCUT2D eigenvalue weighted by Gasteiger charge is -1.99. The number of hydrogen-bond acceptors (Lipinski definition) is 4. The van der Waals surface area contributed by atoms with Crippen LogP contribution in [0.2, 0.25) is 0 Å². The number of nitrogens with one attached hydrogen (secondary N) is 1. The van der Waals surface area contributed by atoms with Crippen LogP contribution in [0.1, 0.15) is 23.7 Å². The Morgan fingerprint density at radius 1 is 0.806 bits per heavy atom. The van der Waals surface area contributed by atoms with Crippen molar-refractivity contribution in [2.24, 2.45) is 15.0 Å². The molecule has 2 aromatic rings. The highest BCUT2D eigenvalue weighted by Gasteiger charge is 2.19. The molecule has 0 saturated heterocycles. The maximum absolute atomic E-state index is 10.3. The molecule has 0 atom stereocenters. The Morgan fingerprint density at radius 2 is 1.52 bits per heavy atom. The molecule has 0 amide bonds. The van der Waals surface area contributed by atoms with Crippen molar-refractivity contribution in [3.05, 3.63) is 106 Å². The first kappa shape index (κ1) is 17.6. The number of aromatic amines is 1. The minimum atomic E-state index is 0.250. The monoisotopic (exact) mass is 402 g/mol. The van der Waals surface area contributed by atoms with Gasteiger partial charge in [0.05, 0.1) is 45.3 Å². The molecule has 5 heteroatoms. The Morgan fingerprint density at radius 3 is 2.29 bits per heavy atom. The second-order valence-corrected chi connectivity index (χ2v) is 7.73. The highest BCUT2D eigenvalue weighted by atomic mass is 16.3. The van der Waals surface area contributed by atoms with Crippen molar-refractivity contribution in [2.75, 3.05) is 0 Å². The molecule has 0 unspecified atom stereocenters. The number of H-pyrrole nitrogens is 1. The van der Waals surface area contributed by atoms with Gasteiger partial charge in [0.25, 0.3) is 0 Å². The molecule has 0 spiro atoms. The predicted molar refractivity (Wildman–Crippen MR) is 126 cm³/mol. The molecule has 8 bridgehead atoms. The lowest BCUT2D eigenvalue weighted by Crippen LogP contribution is -2.25. The summed E-state index contributed by atoms with van der Waals surface area (Å²) < 4.78 is 0. The third-order valence-corrected chi connectivity index (χ3v) is 5.51. The van der Waals surface area contributed by atoms with Gasteiger partial charge in [-0.2, -0.15) is 0 Å². The number of benzene rings is 1. The topological polar surface area (TPSA) is 73.1 Å². The minimum Gasteiger partial charge on any atom is -0.512 e. The average molecular weight is 402 g/mol. The van der Waals surface area contributed by atoms with Gasteiger partial charge in [-0.05, 0) is 61.6 Å². The van der Waals surface area contributed by atoms with E-state index in [1.807, 2.05) is 66.8 Å². The van der Waals surface area contributed by atoms with Crippen molar-refractivity contribution in [1.82, 2.24) is 4.98 Å². The molecule has 1 aromatic carbocycles. The fourth-order valence-corrected chi connectivity index (χ4v) is 4.08. The van der Waals surface area contributed by atoms with Gasteiger partial charge in [-0.25, -0.2) is 15.0 Å². The molecule has 148 valence electrons. The predicted octanol–water partition coefficient (Wildman–Crippen LogP) is 3.59. The van der Waals surface area contributed by atoms with Crippen molar-refractivity contribution in [3.8, 4) is 0 Å². The van der Waals surface area contributed by atoms with E-state index in [9.17, 15) is 5.11 Å². The average Bonchev–Trinajstić information content (AvgIpc) is 3.52. The second kappa shape index (κ2) is 6.64. The summed E-state index contributed by atoms with van der Waals surface area (Å²) in [6.45, 7) is 1.69. The first-order chi connectivity index (χ1) is 15.1. The molecule has 1 aromatic heterocycles. The summed E-state index contributed by atoms with van der Waals surface area (Å²) in [7, 11) is 0. The number of aliphatic hydroxyl groups is 1. The summed E-state index contributed by atoms with van der Waals surface area (Å²) in [6, 6.07) is 10.1. The van der Waals surface area contributed by atoms with Crippen LogP contribution in [0.15, 0.2) is 93.2 Å². The van der Waals surface area contributed by atoms with Crippen LogP contribution in [-0.2, 0) is 0 Å². The second-order valence-electron chi connectivity index (χ2n) is 7.73. The van der Waals surface area contributed by atoms with Crippen LogP contribution in [0.25, 0.3) is 23.6 Å². The number of nitrogens with zero attached hydrogens (tertiary/aromatic N) is 3. The van der Waals surface area contributed by atoms with Gasteiger partial charge in [-0.1, -0.05) is 24.3 Å². The third-order valence-electron chi connectivity index (χ3n) is 5.51. The van der Waals surface area contributed by atoms with E-state index >= 15 is 0 Å². The lowest BCUT2D eigenvalue weighted by molar-refractivity contribution is 0.498. The number of rotatable bonds is 0. The van der Waals surface area contributed by atoms with Crippen molar-refractivity contribution in [3.63, 3.8) is 0 Å². The molecule has 0 aliphatic carbocycles. The number of fused-ring (bicyclic) bond motifs is 8. The number of aromatic nitrogens is 1. The summed E-state index contributed by atoms with van der Waals surface area (Å²) in [5, 5.41) is 11.8. The van der Waals surface area contributed by atoms with E-state index < -0.39 is 0 Å².